The van der Waals surface area contributed by atoms with Crippen molar-refractivity contribution in [3.63, 3.8) is 0 Å². The van der Waals surface area contributed by atoms with Crippen molar-refractivity contribution < 1.29 is 4.79 Å². The van der Waals surface area contributed by atoms with Gasteiger partial charge in [0, 0.05) is 18.4 Å². The molecule has 1 heterocycles. The molecule has 0 aromatic carbocycles. The molecule has 1 amide bonds. The number of nitrogens with one attached hydrogen (secondary N) is 1. The van der Waals surface area contributed by atoms with Gasteiger partial charge < -0.3 is 9.88 Å². The van der Waals surface area contributed by atoms with Gasteiger partial charge in [-0.15, -0.1) is 0 Å². The maximum absolute atomic E-state index is 11.7. The van der Waals surface area contributed by atoms with Crippen molar-refractivity contribution in [2.24, 2.45) is 0 Å². The molecule has 0 aliphatic heterocycles. The molecule has 0 fully saturated rings. The summed E-state index contributed by atoms with van der Waals surface area (Å²) in [6.45, 7) is 5.98. The van der Waals surface area contributed by atoms with Crippen LogP contribution >= 0.6 is 0 Å². The quantitative estimate of drug-likeness (QED) is 0.781. The Morgan fingerprint density at radius 2 is 1.93 bits per heavy atom. The summed E-state index contributed by atoms with van der Waals surface area (Å²) in [6.07, 6.45) is 4.77. The molecule has 1 N–H and O–H groups in total. The van der Waals surface area contributed by atoms with Gasteiger partial charge in [0.25, 0.3) is 0 Å². The monoisotopic (exact) mass is 194 g/mol. The summed E-state index contributed by atoms with van der Waals surface area (Å²) in [5.74, 6) is 0.0792. The van der Waals surface area contributed by atoms with Crippen LogP contribution in [-0.4, -0.2) is 16.5 Å². The number of rotatable bonds is 4. The third-order valence-electron chi connectivity index (χ3n) is 2.46. The lowest BCUT2D eigenvalue weighted by molar-refractivity contribution is -0.124. The molecule has 0 saturated carbocycles. The van der Waals surface area contributed by atoms with Gasteiger partial charge in [-0.25, -0.2) is 0 Å². The highest BCUT2D eigenvalue weighted by atomic mass is 16.2. The zero-order chi connectivity index (χ0) is 10.6. The summed E-state index contributed by atoms with van der Waals surface area (Å²) < 4.78 is 1.90. The molecule has 1 unspecified atom stereocenters. The van der Waals surface area contributed by atoms with Gasteiger partial charge in [0.1, 0.15) is 6.04 Å². The maximum Gasteiger partial charge on any atom is 0.242 e. The van der Waals surface area contributed by atoms with Gasteiger partial charge in [-0.3, -0.25) is 4.79 Å². The van der Waals surface area contributed by atoms with Gasteiger partial charge in [-0.05, 0) is 32.4 Å². The predicted octanol–water partition coefficient (Wildman–Crippen LogP) is 1.96. The van der Waals surface area contributed by atoms with Gasteiger partial charge in [0.2, 0.25) is 5.91 Å². The van der Waals surface area contributed by atoms with E-state index in [0.717, 1.165) is 6.42 Å². The van der Waals surface area contributed by atoms with Crippen LogP contribution in [0.5, 0.6) is 0 Å². The first-order valence-corrected chi connectivity index (χ1v) is 5.08. The lowest BCUT2D eigenvalue weighted by atomic mass is 10.2. The summed E-state index contributed by atoms with van der Waals surface area (Å²) in [7, 11) is 0. The van der Waals surface area contributed by atoms with E-state index in [1.807, 2.05) is 42.9 Å². The summed E-state index contributed by atoms with van der Waals surface area (Å²) in [6, 6.07) is 3.97. The standard InChI is InChI=1S/C11H18N2O/c1-4-9(2)12-11(14)10(3)13-7-5-6-8-13/h5-10H,4H2,1-3H3,(H,12,14)/t9?,10-/m0/s1. The average molecular weight is 194 g/mol. The average Bonchev–Trinajstić information content (AvgIpc) is 2.69. The maximum atomic E-state index is 11.7. The van der Waals surface area contributed by atoms with Crippen molar-refractivity contribution in [3.8, 4) is 0 Å². The number of hydrogen-bond acceptors (Lipinski definition) is 1. The molecular weight excluding hydrogens is 176 g/mol. The fraction of sp³-hybridized carbons (Fsp3) is 0.545. The van der Waals surface area contributed by atoms with Gasteiger partial charge >= 0.3 is 0 Å². The Morgan fingerprint density at radius 3 is 2.43 bits per heavy atom. The van der Waals surface area contributed by atoms with E-state index < -0.39 is 0 Å². The van der Waals surface area contributed by atoms with E-state index in [2.05, 4.69) is 12.2 Å². The fourth-order valence-electron chi connectivity index (χ4n) is 1.21. The Hall–Kier alpha value is -1.25. The molecule has 0 bridgehead atoms. The highest BCUT2D eigenvalue weighted by molar-refractivity contribution is 5.80. The van der Waals surface area contributed by atoms with Crippen molar-refractivity contribution in [3.05, 3.63) is 24.5 Å². The number of carbonyl (C=O) groups excluding carboxylic acids is 1. The van der Waals surface area contributed by atoms with Crippen molar-refractivity contribution in [1.82, 2.24) is 9.88 Å². The normalized spacial score (nSPS) is 14.8. The van der Waals surface area contributed by atoms with Gasteiger partial charge in [-0.2, -0.15) is 0 Å². The number of hydrogen-bond donors (Lipinski definition) is 1. The van der Waals surface area contributed by atoms with Crippen LogP contribution in [0.1, 0.15) is 33.2 Å². The highest BCUT2D eigenvalue weighted by Crippen LogP contribution is 2.06. The van der Waals surface area contributed by atoms with E-state index in [-0.39, 0.29) is 18.0 Å². The minimum atomic E-state index is -0.126. The van der Waals surface area contributed by atoms with Crippen LogP contribution in [0, 0.1) is 0 Å². The van der Waals surface area contributed by atoms with Crippen molar-refractivity contribution in [2.75, 3.05) is 0 Å². The van der Waals surface area contributed by atoms with Crippen LogP contribution in [0.3, 0.4) is 0 Å². The van der Waals surface area contributed by atoms with E-state index >= 15 is 0 Å². The number of aromatic nitrogens is 1. The largest absolute Gasteiger partial charge is 0.352 e. The molecule has 3 nitrogen and oxygen atoms in total. The minimum absolute atomic E-state index is 0.0792. The van der Waals surface area contributed by atoms with E-state index in [4.69, 9.17) is 0 Å². The number of nitrogens with zero attached hydrogens (tertiary/aromatic N) is 1. The second-order valence-electron chi connectivity index (χ2n) is 3.62. The topological polar surface area (TPSA) is 34.0 Å². The fourth-order valence-corrected chi connectivity index (χ4v) is 1.21. The molecule has 2 atom stereocenters. The molecule has 3 heteroatoms. The predicted molar refractivity (Wildman–Crippen MR) is 57.0 cm³/mol. The SMILES string of the molecule is CCC(C)NC(=O)[C@H](C)n1cccc1. The van der Waals surface area contributed by atoms with Crippen molar-refractivity contribution >= 4 is 5.91 Å². The number of carbonyl (C=O) groups is 1. The summed E-state index contributed by atoms with van der Waals surface area (Å²) in [4.78, 5) is 11.7. The van der Waals surface area contributed by atoms with Gasteiger partial charge in [0.15, 0.2) is 0 Å². The van der Waals surface area contributed by atoms with Gasteiger partial charge in [0.05, 0.1) is 0 Å². The first kappa shape index (κ1) is 10.8. The first-order valence-electron chi connectivity index (χ1n) is 5.08. The van der Waals surface area contributed by atoms with Crippen LogP contribution in [0.25, 0.3) is 0 Å². The molecular formula is C11H18N2O. The molecule has 0 spiro atoms. The third-order valence-corrected chi connectivity index (χ3v) is 2.46. The third kappa shape index (κ3) is 2.62. The Bertz CT molecular complexity index is 279. The molecule has 0 aliphatic rings. The van der Waals surface area contributed by atoms with Gasteiger partial charge in [-0.1, -0.05) is 6.92 Å². The minimum Gasteiger partial charge on any atom is -0.352 e. The second kappa shape index (κ2) is 4.84. The zero-order valence-electron chi connectivity index (χ0n) is 9.03. The Balaban J connectivity index is 2.53. The van der Waals surface area contributed by atoms with Crippen molar-refractivity contribution in [1.29, 1.82) is 0 Å². The molecule has 1 rings (SSSR count). The smallest absolute Gasteiger partial charge is 0.242 e. The molecule has 78 valence electrons. The first-order chi connectivity index (χ1) is 6.65. The van der Waals surface area contributed by atoms with Crippen LogP contribution in [0.2, 0.25) is 0 Å². The van der Waals surface area contributed by atoms with E-state index in [0.29, 0.717) is 0 Å². The molecule has 1 aromatic rings. The molecule has 1 aromatic heterocycles. The molecule has 0 radical (unpaired) electrons. The number of amides is 1. The van der Waals surface area contributed by atoms with Crippen LogP contribution in [0.15, 0.2) is 24.5 Å². The highest BCUT2D eigenvalue weighted by Gasteiger charge is 2.14. The summed E-state index contributed by atoms with van der Waals surface area (Å²) in [5, 5.41) is 2.96. The Kier molecular flexibility index (Phi) is 3.74. The second-order valence-corrected chi connectivity index (χ2v) is 3.62. The van der Waals surface area contributed by atoms with Crippen molar-refractivity contribution in [2.45, 2.75) is 39.3 Å². The van der Waals surface area contributed by atoms with E-state index in [1.165, 1.54) is 0 Å². The summed E-state index contributed by atoms with van der Waals surface area (Å²) in [5.41, 5.74) is 0. The molecule has 0 aliphatic carbocycles. The molecule has 14 heavy (non-hydrogen) atoms. The van der Waals surface area contributed by atoms with E-state index in [9.17, 15) is 4.79 Å². The summed E-state index contributed by atoms with van der Waals surface area (Å²) >= 11 is 0. The molecule has 0 saturated heterocycles. The Morgan fingerprint density at radius 1 is 1.36 bits per heavy atom. The van der Waals surface area contributed by atoms with E-state index in [1.54, 1.807) is 0 Å². The van der Waals surface area contributed by atoms with Crippen LogP contribution < -0.4 is 5.32 Å². The van der Waals surface area contributed by atoms with Crippen LogP contribution in [-0.2, 0) is 4.79 Å². The lowest BCUT2D eigenvalue weighted by Gasteiger charge is -2.17. The van der Waals surface area contributed by atoms with Crippen LogP contribution in [0.4, 0.5) is 0 Å². The zero-order valence-corrected chi connectivity index (χ0v) is 9.03. The lowest BCUT2D eigenvalue weighted by Crippen LogP contribution is -2.36. The Labute approximate surface area is 85.1 Å².